The predicted molar refractivity (Wildman–Crippen MR) is 111 cm³/mol. The van der Waals surface area contributed by atoms with Crippen molar-refractivity contribution in [2.24, 2.45) is 5.92 Å². The molecule has 0 saturated carbocycles. The molecule has 0 saturated heterocycles. The van der Waals surface area contributed by atoms with Crippen molar-refractivity contribution in [1.29, 1.82) is 0 Å². The Hall–Kier alpha value is -2.99. The van der Waals surface area contributed by atoms with Crippen molar-refractivity contribution in [2.45, 2.75) is 39.0 Å². The van der Waals surface area contributed by atoms with Crippen LogP contribution in [-0.4, -0.2) is 33.5 Å². The predicted octanol–water partition coefficient (Wildman–Crippen LogP) is 3.23. The van der Waals surface area contributed by atoms with Crippen LogP contribution in [0.15, 0.2) is 60.8 Å². The van der Waals surface area contributed by atoms with Gasteiger partial charge < -0.3 is 10.1 Å². The maximum absolute atomic E-state index is 12.9. The SMILES string of the molecule is C[C@H]1COCn2nncc2CC[C@@H](Cc2ccc(-c3ccccc3)cc2)C(=O)N1. The number of nitrogens with zero attached hydrogens (tertiary/aromatic N) is 3. The molecule has 0 spiro atoms. The zero-order valence-electron chi connectivity index (χ0n) is 16.6. The second kappa shape index (κ2) is 9.01. The third kappa shape index (κ3) is 4.90. The van der Waals surface area contributed by atoms with E-state index >= 15 is 0 Å². The molecule has 2 atom stereocenters. The molecule has 0 aliphatic carbocycles. The number of aryl methyl sites for hydroxylation is 1. The molecule has 6 nitrogen and oxygen atoms in total. The first-order valence-electron chi connectivity index (χ1n) is 10.1. The number of ether oxygens (including phenoxy) is 1. The molecular formula is C23H26N4O2. The van der Waals surface area contributed by atoms with Crippen molar-refractivity contribution in [3.05, 3.63) is 72.1 Å². The maximum atomic E-state index is 12.9. The summed E-state index contributed by atoms with van der Waals surface area (Å²) in [4.78, 5) is 12.9. The number of amides is 1. The van der Waals surface area contributed by atoms with Crippen LogP contribution in [0.4, 0.5) is 0 Å². The van der Waals surface area contributed by atoms with Crippen LogP contribution >= 0.6 is 0 Å². The van der Waals surface area contributed by atoms with Gasteiger partial charge in [-0.25, -0.2) is 4.68 Å². The van der Waals surface area contributed by atoms with E-state index in [9.17, 15) is 4.79 Å². The second-order valence-corrected chi connectivity index (χ2v) is 7.64. The fourth-order valence-corrected chi connectivity index (χ4v) is 3.70. The quantitative estimate of drug-likeness (QED) is 0.746. The molecule has 150 valence electrons. The van der Waals surface area contributed by atoms with Gasteiger partial charge in [-0.1, -0.05) is 59.8 Å². The summed E-state index contributed by atoms with van der Waals surface area (Å²) in [6, 6.07) is 18.8. The minimum Gasteiger partial charge on any atom is -0.357 e. The van der Waals surface area contributed by atoms with Crippen LogP contribution in [0.2, 0.25) is 0 Å². The highest BCUT2D eigenvalue weighted by atomic mass is 16.5. The van der Waals surface area contributed by atoms with E-state index in [0.29, 0.717) is 19.8 Å². The number of hydrogen-bond donors (Lipinski definition) is 1. The van der Waals surface area contributed by atoms with Crippen molar-refractivity contribution < 1.29 is 9.53 Å². The molecule has 3 aromatic rings. The zero-order valence-corrected chi connectivity index (χ0v) is 16.6. The fourth-order valence-electron chi connectivity index (χ4n) is 3.70. The van der Waals surface area contributed by atoms with Gasteiger partial charge in [0.15, 0.2) is 0 Å². The smallest absolute Gasteiger partial charge is 0.223 e. The molecule has 0 fully saturated rings. The molecule has 1 aliphatic rings. The molecule has 0 unspecified atom stereocenters. The van der Waals surface area contributed by atoms with Gasteiger partial charge in [-0.15, -0.1) is 5.10 Å². The Balaban J connectivity index is 1.50. The molecule has 29 heavy (non-hydrogen) atoms. The standard InChI is InChI=1S/C23H26N4O2/c1-17-15-29-16-27-22(14-24-26-27)12-11-21(23(28)25-17)13-18-7-9-20(10-8-18)19-5-3-2-4-6-19/h2-10,14,17,21H,11-13,15-16H2,1H3,(H,25,28)/t17-,21-/m0/s1. The number of aromatic nitrogens is 3. The van der Waals surface area contributed by atoms with Gasteiger partial charge in [-0.3, -0.25) is 4.79 Å². The Bertz CT molecular complexity index is 937. The van der Waals surface area contributed by atoms with Gasteiger partial charge in [0.1, 0.15) is 6.73 Å². The van der Waals surface area contributed by atoms with E-state index in [1.807, 2.05) is 25.1 Å². The zero-order chi connectivity index (χ0) is 20.1. The summed E-state index contributed by atoms with van der Waals surface area (Å²) in [7, 11) is 0. The third-order valence-corrected chi connectivity index (χ3v) is 5.33. The van der Waals surface area contributed by atoms with Gasteiger partial charge in [0.25, 0.3) is 0 Å². The molecule has 0 bridgehead atoms. The molecule has 2 aromatic carbocycles. The van der Waals surface area contributed by atoms with Crippen molar-refractivity contribution in [3.63, 3.8) is 0 Å². The summed E-state index contributed by atoms with van der Waals surface area (Å²) in [5.74, 6) is -0.0318. The average Bonchev–Trinajstić information content (AvgIpc) is 3.18. The molecule has 1 aliphatic heterocycles. The number of benzene rings is 2. The second-order valence-electron chi connectivity index (χ2n) is 7.64. The molecule has 0 radical (unpaired) electrons. The van der Waals surface area contributed by atoms with Gasteiger partial charge in [-0.2, -0.15) is 0 Å². The lowest BCUT2D eigenvalue weighted by atomic mass is 9.92. The van der Waals surface area contributed by atoms with Crippen LogP contribution < -0.4 is 5.32 Å². The molecule has 4 rings (SSSR count). The van der Waals surface area contributed by atoms with E-state index < -0.39 is 0 Å². The normalized spacial score (nSPS) is 20.4. The maximum Gasteiger partial charge on any atom is 0.223 e. The summed E-state index contributed by atoms with van der Waals surface area (Å²) < 4.78 is 7.44. The van der Waals surface area contributed by atoms with Crippen molar-refractivity contribution in [1.82, 2.24) is 20.3 Å². The highest BCUT2D eigenvalue weighted by Gasteiger charge is 2.22. The average molecular weight is 390 g/mol. The lowest BCUT2D eigenvalue weighted by Crippen LogP contribution is -2.40. The molecule has 1 N–H and O–H groups in total. The first-order chi connectivity index (χ1) is 14.2. The lowest BCUT2D eigenvalue weighted by Gasteiger charge is -2.19. The first-order valence-corrected chi connectivity index (χ1v) is 10.1. The van der Waals surface area contributed by atoms with Crippen LogP contribution in [0.25, 0.3) is 11.1 Å². The summed E-state index contributed by atoms with van der Waals surface area (Å²) in [5, 5.41) is 11.2. The minimum atomic E-state index is -0.110. The summed E-state index contributed by atoms with van der Waals surface area (Å²) in [5.41, 5.74) is 4.54. The highest BCUT2D eigenvalue weighted by molar-refractivity contribution is 5.79. The number of nitrogens with one attached hydrogen (secondary N) is 1. The summed E-state index contributed by atoms with van der Waals surface area (Å²) >= 11 is 0. The molecular weight excluding hydrogens is 364 g/mol. The Labute approximate surface area is 170 Å². The van der Waals surface area contributed by atoms with E-state index in [1.165, 1.54) is 11.1 Å². The van der Waals surface area contributed by atoms with E-state index in [1.54, 1.807) is 10.9 Å². The third-order valence-electron chi connectivity index (χ3n) is 5.33. The monoisotopic (exact) mass is 390 g/mol. The summed E-state index contributed by atoms with van der Waals surface area (Å²) in [6.45, 7) is 2.77. The number of carbonyl (C=O) groups excluding carboxylic acids is 1. The van der Waals surface area contributed by atoms with Gasteiger partial charge in [0, 0.05) is 12.0 Å². The van der Waals surface area contributed by atoms with Crippen molar-refractivity contribution in [2.75, 3.05) is 6.61 Å². The lowest BCUT2D eigenvalue weighted by molar-refractivity contribution is -0.126. The van der Waals surface area contributed by atoms with E-state index in [2.05, 4.69) is 52.0 Å². The van der Waals surface area contributed by atoms with Gasteiger partial charge in [0.05, 0.1) is 18.5 Å². The highest BCUT2D eigenvalue weighted by Crippen LogP contribution is 2.22. The molecule has 6 heteroatoms. The number of fused-ring (bicyclic) bond motifs is 1. The molecule has 2 heterocycles. The molecule has 1 aromatic heterocycles. The van der Waals surface area contributed by atoms with Crippen LogP contribution in [0, 0.1) is 5.92 Å². The largest absolute Gasteiger partial charge is 0.357 e. The number of rotatable bonds is 3. The Kier molecular flexibility index (Phi) is 6.00. The summed E-state index contributed by atoms with van der Waals surface area (Å²) in [6.07, 6.45) is 3.95. The molecule has 1 amide bonds. The van der Waals surface area contributed by atoms with Crippen LogP contribution in [0.3, 0.4) is 0 Å². The van der Waals surface area contributed by atoms with E-state index in [0.717, 1.165) is 24.1 Å². The number of hydrogen-bond acceptors (Lipinski definition) is 4. The van der Waals surface area contributed by atoms with Gasteiger partial charge in [0.2, 0.25) is 5.91 Å². The van der Waals surface area contributed by atoms with Crippen molar-refractivity contribution in [3.8, 4) is 11.1 Å². The number of carbonyl (C=O) groups is 1. The van der Waals surface area contributed by atoms with E-state index in [4.69, 9.17) is 4.74 Å². The Morgan fingerprint density at radius 3 is 2.66 bits per heavy atom. The van der Waals surface area contributed by atoms with E-state index in [-0.39, 0.29) is 17.9 Å². The first kappa shape index (κ1) is 19.3. The Morgan fingerprint density at radius 1 is 1.10 bits per heavy atom. The topological polar surface area (TPSA) is 69.0 Å². The van der Waals surface area contributed by atoms with Crippen molar-refractivity contribution >= 4 is 5.91 Å². The minimum absolute atomic E-state index is 0.0458. The van der Waals surface area contributed by atoms with Crippen LogP contribution in [0.1, 0.15) is 24.6 Å². The fraction of sp³-hybridized carbons (Fsp3) is 0.348. The van der Waals surface area contributed by atoms with Crippen LogP contribution in [0.5, 0.6) is 0 Å². The van der Waals surface area contributed by atoms with Gasteiger partial charge >= 0.3 is 0 Å². The van der Waals surface area contributed by atoms with Crippen LogP contribution in [-0.2, 0) is 29.1 Å². The Morgan fingerprint density at radius 2 is 1.86 bits per heavy atom. The van der Waals surface area contributed by atoms with Gasteiger partial charge in [-0.05, 0) is 42.9 Å².